The van der Waals surface area contributed by atoms with Crippen molar-refractivity contribution in [2.75, 3.05) is 20.1 Å². The molecule has 0 amide bonds. The maximum Gasteiger partial charge on any atom is 0.165 e. The zero-order valence-electron chi connectivity index (χ0n) is 12.3. The minimum atomic E-state index is 0.492. The van der Waals surface area contributed by atoms with Crippen LogP contribution in [0, 0.1) is 6.92 Å². The Labute approximate surface area is 128 Å². The van der Waals surface area contributed by atoms with Gasteiger partial charge in [0.25, 0.3) is 0 Å². The van der Waals surface area contributed by atoms with Gasteiger partial charge >= 0.3 is 0 Å². The van der Waals surface area contributed by atoms with Crippen molar-refractivity contribution in [1.29, 1.82) is 0 Å². The van der Waals surface area contributed by atoms with Gasteiger partial charge in [0, 0.05) is 23.5 Å². The number of nitrogens with zero attached hydrogens (tertiary/aromatic N) is 4. The molecule has 0 bridgehead atoms. The smallest absolute Gasteiger partial charge is 0.165 e. The summed E-state index contributed by atoms with van der Waals surface area (Å²) in [5, 5.41) is 1.22. The number of hydrogen-bond donors (Lipinski definition) is 0. The molecule has 1 fully saturated rings. The molecule has 1 aliphatic heterocycles. The van der Waals surface area contributed by atoms with Gasteiger partial charge in [0.1, 0.15) is 16.3 Å². The number of aryl methyl sites for hydroxylation is 1. The van der Waals surface area contributed by atoms with E-state index in [0.717, 1.165) is 30.1 Å². The maximum absolute atomic E-state index is 4.90. The average Bonchev–Trinajstić information content (AvgIpc) is 3.16. The molecule has 0 N–H and O–H groups in total. The van der Waals surface area contributed by atoms with Crippen molar-refractivity contribution < 1.29 is 0 Å². The summed E-state index contributed by atoms with van der Waals surface area (Å²) in [7, 11) is 2.18. The molecule has 1 saturated heterocycles. The van der Waals surface area contributed by atoms with E-state index in [1.54, 1.807) is 11.3 Å². The van der Waals surface area contributed by atoms with Crippen LogP contribution in [0.4, 0.5) is 0 Å². The van der Waals surface area contributed by atoms with Gasteiger partial charge in [-0.3, -0.25) is 4.57 Å². The van der Waals surface area contributed by atoms with E-state index in [9.17, 15) is 0 Å². The fourth-order valence-electron chi connectivity index (χ4n) is 3.11. The molecule has 1 atom stereocenters. The zero-order chi connectivity index (χ0) is 14.4. The van der Waals surface area contributed by atoms with Gasteiger partial charge < -0.3 is 4.90 Å². The van der Waals surface area contributed by atoms with Crippen molar-refractivity contribution in [3.63, 3.8) is 0 Å². The fraction of sp³-hybridized carbons (Fsp3) is 0.375. The third kappa shape index (κ3) is 2.17. The normalized spacial score (nSPS) is 19.6. The third-order valence-corrected chi connectivity index (χ3v) is 5.13. The van der Waals surface area contributed by atoms with Crippen LogP contribution in [0.15, 0.2) is 30.5 Å². The SMILES string of the molecule is Cc1ccc(-n2c(C3CCN(C)C3)nc3cccnc32)s1. The Morgan fingerprint density at radius 3 is 2.90 bits per heavy atom. The molecule has 0 aliphatic carbocycles. The van der Waals surface area contributed by atoms with Crippen LogP contribution in [0.2, 0.25) is 0 Å². The molecule has 1 aliphatic rings. The van der Waals surface area contributed by atoms with Gasteiger partial charge in [0.05, 0.1) is 0 Å². The quantitative estimate of drug-likeness (QED) is 0.728. The molecule has 3 aromatic rings. The van der Waals surface area contributed by atoms with Gasteiger partial charge in [0.15, 0.2) is 5.65 Å². The van der Waals surface area contributed by atoms with Crippen LogP contribution >= 0.6 is 11.3 Å². The lowest BCUT2D eigenvalue weighted by molar-refractivity contribution is 0.409. The van der Waals surface area contributed by atoms with Crippen molar-refractivity contribution in [1.82, 2.24) is 19.4 Å². The number of imidazole rings is 1. The van der Waals surface area contributed by atoms with Gasteiger partial charge in [-0.1, -0.05) is 0 Å². The van der Waals surface area contributed by atoms with Crippen molar-refractivity contribution in [3.8, 4) is 5.00 Å². The Morgan fingerprint density at radius 2 is 2.19 bits per heavy atom. The van der Waals surface area contributed by atoms with Crippen LogP contribution in [0.3, 0.4) is 0 Å². The summed E-state index contributed by atoms with van der Waals surface area (Å²) in [6, 6.07) is 8.36. The highest BCUT2D eigenvalue weighted by Gasteiger charge is 2.27. The van der Waals surface area contributed by atoms with E-state index in [4.69, 9.17) is 4.98 Å². The van der Waals surface area contributed by atoms with Crippen molar-refractivity contribution >= 4 is 22.5 Å². The highest BCUT2D eigenvalue weighted by atomic mass is 32.1. The lowest BCUT2D eigenvalue weighted by Crippen LogP contribution is -2.15. The number of likely N-dealkylation sites (tertiary alicyclic amines) is 1. The lowest BCUT2D eigenvalue weighted by Gasteiger charge is -2.12. The van der Waals surface area contributed by atoms with E-state index < -0.39 is 0 Å². The number of hydrogen-bond acceptors (Lipinski definition) is 4. The average molecular weight is 298 g/mol. The minimum absolute atomic E-state index is 0.492. The predicted octanol–water partition coefficient (Wildman–Crippen LogP) is 3.21. The first kappa shape index (κ1) is 13.0. The first-order chi connectivity index (χ1) is 10.2. The Bertz CT molecular complexity index is 789. The van der Waals surface area contributed by atoms with Gasteiger partial charge in [-0.2, -0.15) is 0 Å². The number of fused-ring (bicyclic) bond motifs is 1. The fourth-order valence-corrected chi connectivity index (χ4v) is 3.98. The topological polar surface area (TPSA) is 34.0 Å². The molecule has 4 heterocycles. The molecule has 4 nitrogen and oxygen atoms in total. The first-order valence-electron chi connectivity index (χ1n) is 7.31. The van der Waals surface area contributed by atoms with E-state index in [1.165, 1.54) is 16.3 Å². The third-order valence-electron chi connectivity index (χ3n) is 4.15. The Morgan fingerprint density at radius 1 is 1.29 bits per heavy atom. The van der Waals surface area contributed by atoms with Crippen molar-refractivity contribution in [2.45, 2.75) is 19.3 Å². The number of pyridine rings is 1. The van der Waals surface area contributed by atoms with Crippen LogP contribution < -0.4 is 0 Å². The predicted molar refractivity (Wildman–Crippen MR) is 86.3 cm³/mol. The molecule has 0 spiro atoms. The monoisotopic (exact) mass is 298 g/mol. The van der Waals surface area contributed by atoms with Crippen LogP contribution in [0.25, 0.3) is 16.2 Å². The summed E-state index contributed by atoms with van der Waals surface area (Å²) < 4.78 is 2.26. The molecule has 0 radical (unpaired) electrons. The van der Waals surface area contributed by atoms with E-state index in [1.807, 2.05) is 12.3 Å². The molecule has 21 heavy (non-hydrogen) atoms. The van der Waals surface area contributed by atoms with Crippen LogP contribution in [-0.2, 0) is 0 Å². The summed E-state index contributed by atoms with van der Waals surface area (Å²) in [4.78, 5) is 13.2. The highest BCUT2D eigenvalue weighted by molar-refractivity contribution is 7.14. The second-order valence-corrected chi connectivity index (χ2v) is 7.05. The van der Waals surface area contributed by atoms with Gasteiger partial charge in [-0.05, 0) is 51.2 Å². The molecular weight excluding hydrogens is 280 g/mol. The molecule has 1 unspecified atom stereocenters. The molecule has 4 rings (SSSR count). The summed E-state index contributed by atoms with van der Waals surface area (Å²) in [5.41, 5.74) is 1.97. The number of thiophene rings is 1. The van der Waals surface area contributed by atoms with E-state index in [0.29, 0.717) is 5.92 Å². The summed E-state index contributed by atoms with van der Waals surface area (Å²) >= 11 is 1.80. The van der Waals surface area contributed by atoms with Crippen molar-refractivity contribution in [3.05, 3.63) is 41.2 Å². The van der Waals surface area contributed by atoms with Crippen molar-refractivity contribution in [2.24, 2.45) is 0 Å². The number of likely N-dealkylation sites (N-methyl/N-ethyl adjacent to an activating group) is 1. The molecule has 3 aromatic heterocycles. The Balaban J connectivity index is 1.93. The van der Waals surface area contributed by atoms with E-state index >= 15 is 0 Å². The Kier molecular flexibility index (Phi) is 3.05. The molecule has 108 valence electrons. The summed E-state index contributed by atoms with van der Waals surface area (Å²) in [6.07, 6.45) is 3.02. The second-order valence-electron chi connectivity index (χ2n) is 5.78. The molecule has 0 saturated carbocycles. The second kappa shape index (κ2) is 4.93. The van der Waals surface area contributed by atoms with Crippen LogP contribution in [0.1, 0.15) is 23.0 Å². The first-order valence-corrected chi connectivity index (χ1v) is 8.13. The maximum atomic E-state index is 4.90. The summed E-state index contributed by atoms with van der Waals surface area (Å²) in [6.45, 7) is 4.36. The van der Waals surface area contributed by atoms with E-state index in [2.05, 4.69) is 46.6 Å². The van der Waals surface area contributed by atoms with Gasteiger partial charge in [-0.25, -0.2) is 9.97 Å². The van der Waals surface area contributed by atoms with Gasteiger partial charge in [-0.15, -0.1) is 11.3 Å². The highest BCUT2D eigenvalue weighted by Crippen LogP contribution is 2.32. The lowest BCUT2D eigenvalue weighted by atomic mass is 10.1. The van der Waals surface area contributed by atoms with E-state index in [-0.39, 0.29) is 0 Å². The molecule has 5 heteroatoms. The zero-order valence-corrected chi connectivity index (χ0v) is 13.1. The number of aromatic nitrogens is 3. The molecule has 0 aromatic carbocycles. The van der Waals surface area contributed by atoms with Gasteiger partial charge in [0.2, 0.25) is 0 Å². The number of rotatable bonds is 2. The standard InChI is InChI=1S/C16H18N4S/c1-11-5-6-14(21-11)20-15(12-7-9-19(2)10-12)18-13-4-3-8-17-16(13)20/h3-6,8,12H,7,9-10H2,1-2H3. The largest absolute Gasteiger partial charge is 0.306 e. The summed E-state index contributed by atoms with van der Waals surface area (Å²) in [5.74, 6) is 1.65. The van der Waals surface area contributed by atoms with Crippen LogP contribution in [0.5, 0.6) is 0 Å². The Hall–Kier alpha value is -1.72. The minimum Gasteiger partial charge on any atom is -0.306 e. The molecular formula is C16H18N4S. The van der Waals surface area contributed by atoms with Crippen LogP contribution in [-0.4, -0.2) is 39.6 Å².